The number of H-pyrrole nitrogens is 1. The van der Waals surface area contributed by atoms with Gasteiger partial charge in [0.1, 0.15) is 5.60 Å². The zero-order valence-corrected chi connectivity index (χ0v) is 14.2. The lowest BCUT2D eigenvalue weighted by molar-refractivity contribution is -0.149. The fraction of sp³-hybridized carbons (Fsp3) is 0.471. The van der Waals surface area contributed by atoms with Crippen molar-refractivity contribution in [2.75, 3.05) is 6.61 Å². The SMILES string of the molecule is CCCC1(CC(=O)O)OCCc2c1[nH]c1c(Cl)ccc(C(F)(F)F)c21. The van der Waals surface area contributed by atoms with Gasteiger partial charge in [0.25, 0.3) is 0 Å². The monoisotopic (exact) mass is 375 g/mol. The zero-order chi connectivity index (χ0) is 18.4. The molecular formula is C17H17ClF3NO3. The molecule has 0 fully saturated rings. The molecule has 8 heteroatoms. The molecule has 0 radical (unpaired) electrons. The first-order chi connectivity index (χ1) is 11.7. The molecule has 1 unspecified atom stereocenters. The number of halogens is 4. The number of aromatic amines is 1. The van der Waals surface area contributed by atoms with Crippen molar-refractivity contribution in [3.05, 3.63) is 34.0 Å². The van der Waals surface area contributed by atoms with Gasteiger partial charge in [0.15, 0.2) is 0 Å². The van der Waals surface area contributed by atoms with Gasteiger partial charge in [-0.25, -0.2) is 0 Å². The van der Waals surface area contributed by atoms with Crippen molar-refractivity contribution < 1.29 is 27.8 Å². The highest BCUT2D eigenvalue weighted by Gasteiger charge is 2.44. The summed E-state index contributed by atoms with van der Waals surface area (Å²) in [5, 5.41) is 9.48. The van der Waals surface area contributed by atoms with Crippen LogP contribution in [-0.2, 0) is 27.7 Å². The molecule has 0 bridgehead atoms. The zero-order valence-electron chi connectivity index (χ0n) is 13.5. The van der Waals surface area contributed by atoms with Crippen molar-refractivity contribution in [2.24, 2.45) is 0 Å². The number of carbonyl (C=O) groups is 1. The molecule has 25 heavy (non-hydrogen) atoms. The Morgan fingerprint density at radius 3 is 2.76 bits per heavy atom. The molecule has 0 amide bonds. The minimum Gasteiger partial charge on any atom is -0.481 e. The minimum atomic E-state index is -4.53. The fourth-order valence-electron chi connectivity index (χ4n) is 3.71. The average molecular weight is 376 g/mol. The molecule has 2 N–H and O–H groups in total. The molecule has 4 nitrogen and oxygen atoms in total. The van der Waals surface area contributed by atoms with Gasteiger partial charge < -0.3 is 14.8 Å². The van der Waals surface area contributed by atoms with E-state index in [1.807, 2.05) is 6.92 Å². The van der Waals surface area contributed by atoms with E-state index in [-0.39, 0.29) is 35.4 Å². The third-order valence-electron chi connectivity index (χ3n) is 4.59. The summed E-state index contributed by atoms with van der Waals surface area (Å²) in [6.07, 6.45) is -3.57. The van der Waals surface area contributed by atoms with Gasteiger partial charge >= 0.3 is 12.1 Å². The number of rotatable bonds is 4. The van der Waals surface area contributed by atoms with Gasteiger partial charge in [0.05, 0.1) is 34.8 Å². The van der Waals surface area contributed by atoms with E-state index in [4.69, 9.17) is 16.3 Å². The number of aromatic nitrogens is 1. The van der Waals surface area contributed by atoms with E-state index in [1.165, 1.54) is 6.07 Å². The topological polar surface area (TPSA) is 62.3 Å². The van der Waals surface area contributed by atoms with Gasteiger partial charge in [0.2, 0.25) is 0 Å². The molecule has 0 spiro atoms. The predicted octanol–water partition coefficient (Wildman–Crippen LogP) is 4.88. The van der Waals surface area contributed by atoms with E-state index in [0.717, 1.165) is 6.07 Å². The van der Waals surface area contributed by atoms with E-state index in [9.17, 15) is 23.1 Å². The van der Waals surface area contributed by atoms with Gasteiger partial charge in [-0.15, -0.1) is 0 Å². The van der Waals surface area contributed by atoms with Gasteiger partial charge in [-0.2, -0.15) is 13.2 Å². The van der Waals surface area contributed by atoms with E-state index >= 15 is 0 Å². The van der Waals surface area contributed by atoms with Crippen LogP contribution in [0.25, 0.3) is 10.9 Å². The second kappa shape index (κ2) is 6.21. The van der Waals surface area contributed by atoms with Gasteiger partial charge in [-0.1, -0.05) is 24.9 Å². The summed E-state index contributed by atoms with van der Waals surface area (Å²) >= 11 is 6.12. The highest BCUT2D eigenvalue weighted by Crippen LogP contribution is 2.46. The summed E-state index contributed by atoms with van der Waals surface area (Å²) in [4.78, 5) is 14.3. The average Bonchev–Trinajstić information content (AvgIpc) is 2.88. The molecule has 2 aromatic rings. The lowest BCUT2D eigenvalue weighted by atomic mass is 9.84. The Balaban J connectivity index is 2.33. The second-order valence-corrected chi connectivity index (χ2v) is 6.64. The molecule has 1 aromatic heterocycles. The number of carboxylic acids is 1. The van der Waals surface area contributed by atoms with Crippen LogP contribution in [0, 0.1) is 0 Å². The van der Waals surface area contributed by atoms with Crippen LogP contribution in [0.3, 0.4) is 0 Å². The number of hydrogen-bond acceptors (Lipinski definition) is 2. The predicted molar refractivity (Wildman–Crippen MR) is 86.8 cm³/mol. The Kier molecular flexibility index (Phi) is 4.49. The van der Waals surface area contributed by atoms with Crippen LogP contribution in [0.4, 0.5) is 13.2 Å². The molecular weight excluding hydrogens is 359 g/mol. The minimum absolute atomic E-state index is 0.0177. The third-order valence-corrected chi connectivity index (χ3v) is 4.91. The first-order valence-electron chi connectivity index (χ1n) is 7.96. The number of fused-ring (bicyclic) bond motifs is 3. The number of hydrogen-bond donors (Lipinski definition) is 2. The van der Waals surface area contributed by atoms with Crippen molar-refractivity contribution >= 4 is 28.5 Å². The Bertz CT molecular complexity index is 831. The van der Waals surface area contributed by atoms with Gasteiger partial charge in [-0.3, -0.25) is 4.79 Å². The molecule has 0 saturated carbocycles. The highest BCUT2D eigenvalue weighted by molar-refractivity contribution is 6.35. The maximum absolute atomic E-state index is 13.5. The molecule has 2 heterocycles. The largest absolute Gasteiger partial charge is 0.481 e. The van der Waals surface area contributed by atoms with Crippen LogP contribution < -0.4 is 0 Å². The first-order valence-corrected chi connectivity index (χ1v) is 8.34. The summed E-state index contributed by atoms with van der Waals surface area (Å²) in [5.41, 5.74) is -0.911. The highest BCUT2D eigenvalue weighted by atomic mass is 35.5. The summed E-state index contributed by atoms with van der Waals surface area (Å²) < 4.78 is 46.2. The van der Waals surface area contributed by atoms with Crippen LogP contribution in [-0.4, -0.2) is 22.7 Å². The second-order valence-electron chi connectivity index (χ2n) is 6.23. The molecule has 136 valence electrons. The summed E-state index contributed by atoms with van der Waals surface area (Å²) in [5.74, 6) is -1.07. The van der Waals surface area contributed by atoms with Crippen LogP contribution in [0.1, 0.15) is 43.0 Å². The Labute approximate surface area is 146 Å². The normalized spacial score (nSPS) is 20.7. The lowest BCUT2D eigenvalue weighted by Crippen LogP contribution is -2.37. The summed E-state index contributed by atoms with van der Waals surface area (Å²) in [6, 6.07) is 2.17. The number of nitrogens with one attached hydrogen (secondary N) is 1. The van der Waals surface area contributed by atoms with Crippen LogP contribution in [0.5, 0.6) is 0 Å². The van der Waals surface area contributed by atoms with Crippen LogP contribution >= 0.6 is 11.6 Å². The first kappa shape index (κ1) is 18.1. The van der Waals surface area contributed by atoms with E-state index in [0.29, 0.717) is 24.1 Å². The van der Waals surface area contributed by atoms with Crippen molar-refractivity contribution in [1.29, 1.82) is 0 Å². The van der Waals surface area contributed by atoms with Gasteiger partial charge in [-0.05, 0) is 30.5 Å². The van der Waals surface area contributed by atoms with Crippen LogP contribution in [0.2, 0.25) is 5.02 Å². The fourth-order valence-corrected chi connectivity index (χ4v) is 3.91. The maximum atomic E-state index is 13.5. The molecule has 1 aliphatic heterocycles. The quantitative estimate of drug-likeness (QED) is 0.800. The van der Waals surface area contributed by atoms with Crippen molar-refractivity contribution in [3.8, 4) is 0 Å². The molecule has 1 aliphatic rings. The number of alkyl halides is 3. The standard InChI is InChI=1S/C17H17ClF3NO3/c1-2-6-16(8-12(23)24)15-9(5-7-25-16)13-10(17(19,20)21)3-4-11(18)14(13)22-15/h3-4,22H,2,5-8H2,1H3,(H,23,24). The van der Waals surface area contributed by atoms with E-state index in [1.54, 1.807) is 0 Å². The van der Waals surface area contributed by atoms with Crippen LogP contribution in [0.15, 0.2) is 12.1 Å². The summed E-state index contributed by atoms with van der Waals surface area (Å²) in [7, 11) is 0. The maximum Gasteiger partial charge on any atom is 0.417 e. The molecule has 1 aromatic carbocycles. The number of aliphatic carboxylic acids is 1. The number of ether oxygens (including phenoxy) is 1. The molecule has 0 saturated heterocycles. The third kappa shape index (κ3) is 3.00. The molecule has 3 rings (SSSR count). The number of carboxylic acid groups (broad SMARTS) is 1. The van der Waals surface area contributed by atoms with Crippen molar-refractivity contribution in [1.82, 2.24) is 4.98 Å². The Hall–Kier alpha value is -1.73. The summed E-state index contributed by atoms with van der Waals surface area (Å²) in [6.45, 7) is 2.04. The Morgan fingerprint density at radius 2 is 2.16 bits per heavy atom. The number of benzene rings is 1. The van der Waals surface area contributed by atoms with Crippen molar-refractivity contribution in [3.63, 3.8) is 0 Å². The van der Waals surface area contributed by atoms with E-state index < -0.39 is 23.3 Å². The Morgan fingerprint density at radius 1 is 1.44 bits per heavy atom. The smallest absolute Gasteiger partial charge is 0.417 e. The molecule has 1 atom stereocenters. The molecule has 0 aliphatic carbocycles. The lowest BCUT2D eigenvalue weighted by Gasteiger charge is -2.36. The van der Waals surface area contributed by atoms with E-state index in [2.05, 4.69) is 4.98 Å². The van der Waals surface area contributed by atoms with Crippen molar-refractivity contribution in [2.45, 2.75) is 44.4 Å². The van der Waals surface area contributed by atoms with Gasteiger partial charge in [0, 0.05) is 5.39 Å².